The summed E-state index contributed by atoms with van der Waals surface area (Å²) in [6.45, 7) is 9.52. The van der Waals surface area contributed by atoms with Crippen LogP contribution in [0, 0.1) is 0 Å². The van der Waals surface area contributed by atoms with Crippen molar-refractivity contribution in [1.82, 2.24) is 4.57 Å². The molecular weight excluding hydrogens is 653 g/mol. The Morgan fingerprint density at radius 2 is 1.02 bits per heavy atom. The van der Waals surface area contributed by atoms with Crippen molar-refractivity contribution in [3.05, 3.63) is 192 Å². The Hall–Kier alpha value is -6.38. The zero-order valence-electron chi connectivity index (χ0n) is 31.1. The lowest BCUT2D eigenvalue weighted by Gasteiger charge is -2.29. The van der Waals surface area contributed by atoms with Crippen molar-refractivity contribution in [2.24, 2.45) is 0 Å². The number of hydrogen-bond acceptors (Lipinski definition) is 1. The second kappa shape index (κ2) is 11.1. The molecule has 0 amide bonds. The Morgan fingerprint density at radius 1 is 0.407 bits per heavy atom. The highest BCUT2D eigenvalue weighted by molar-refractivity contribution is 6.19. The lowest BCUT2D eigenvalue weighted by atomic mass is 9.82. The predicted molar refractivity (Wildman–Crippen MR) is 228 cm³/mol. The van der Waals surface area contributed by atoms with E-state index in [0.29, 0.717) is 0 Å². The summed E-state index contributed by atoms with van der Waals surface area (Å²) in [7, 11) is 0. The maximum absolute atomic E-state index is 2.53. The fraction of sp³-hybridized carbons (Fsp3) is 0.115. The normalized spacial score (nSPS) is 14.6. The van der Waals surface area contributed by atoms with Gasteiger partial charge >= 0.3 is 0 Å². The molecule has 11 rings (SSSR count). The van der Waals surface area contributed by atoms with Gasteiger partial charge in [0.15, 0.2) is 0 Å². The van der Waals surface area contributed by atoms with Crippen LogP contribution in [0.2, 0.25) is 0 Å². The van der Waals surface area contributed by atoms with E-state index in [1.165, 1.54) is 94.1 Å². The van der Waals surface area contributed by atoms with Crippen LogP contribution in [0.4, 0.5) is 17.1 Å². The molecule has 2 heteroatoms. The lowest BCUT2D eigenvalue weighted by Crippen LogP contribution is -2.18. The molecule has 0 saturated carbocycles. The number of hydrogen-bond donors (Lipinski definition) is 0. The first-order chi connectivity index (χ1) is 26.3. The summed E-state index contributed by atoms with van der Waals surface area (Å²) >= 11 is 0. The van der Waals surface area contributed by atoms with Gasteiger partial charge in [0.1, 0.15) is 0 Å². The van der Waals surface area contributed by atoms with E-state index in [1.807, 2.05) is 0 Å². The van der Waals surface area contributed by atoms with E-state index in [4.69, 9.17) is 0 Å². The van der Waals surface area contributed by atoms with E-state index in [-0.39, 0.29) is 10.8 Å². The second-order valence-electron chi connectivity index (χ2n) is 16.2. The van der Waals surface area contributed by atoms with Gasteiger partial charge < -0.3 is 9.47 Å². The van der Waals surface area contributed by atoms with Gasteiger partial charge in [-0.1, -0.05) is 149 Å². The minimum Gasteiger partial charge on any atom is -0.310 e. The molecule has 0 saturated heterocycles. The second-order valence-corrected chi connectivity index (χ2v) is 16.2. The minimum atomic E-state index is -0.207. The first-order valence-electron chi connectivity index (χ1n) is 19.1. The van der Waals surface area contributed by atoms with E-state index in [9.17, 15) is 0 Å². The lowest BCUT2D eigenvalue weighted by molar-refractivity contribution is 0.660. The molecule has 1 heterocycles. The standard InChI is InChI=1S/C52H40N2/c1-51(2)43-21-12-10-19-38(43)39-29-26-35(31-45(39)51)53(34-16-6-5-7-17-34)36-27-30-42-46(32-36)52(3,4)44-22-14-24-48(49(42)44)54-47-23-13-11-20-40(47)41-28-25-33-15-8-9-18-37(33)50(41)54/h5-32H,1-4H3. The summed E-state index contributed by atoms with van der Waals surface area (Å²) in [6, 6.07) is 63.2. The fourth-order valence-electron chi connectivity index (χ4n) is 9.92. The molecule has 0 unspecified atom stereocenters. The van der Waals surface area contributed by atoms with Gasteiger partial charge in [-0.15, -0.1) is 0 Å². The van der Waals surface area contributed by atoms with Gasteiger partial charge in [-0.05, 0) is 92.9 Å². The Bertz CT molecular complexity index is 3000. The molecule has 258 valence electrons. The van der Waals surface area contributed by atoms with Crippen LogP contribution < -0.4 is 4.90 Å². The molecule has 0 radical (unpaired) electrons. The molecular formula is C52H40N2. The number of benzene rings is 8. The SMILES string of the molecule is CC1(C)c2ccccc2-c2ccc(N(c3ccccc3)c3ccc4c(c3)C(C)(C)c3cccc(-n5c6ccccc6c6ccc7ccccc7c65)c3-4)cc21. The average molecular weight is 693 g/mol. The van der Waals surface area contributed by atoms with Gasteiger partial charge in [-0.3, -0.25) is 0 Å². The first kappa shape index (κ1) is 31.2. The van der Waals surface area contributed by atoms with Crippen molar-refractivity contribution in [3.8, 4) is 27.9 Å². The van der Waals surface area contributed by atoms with Gasteiger partial charge in [0.25, 0.3) is 0 Å². The van der Waals surface area contributed by atoms with Crippen LogP contribution in [0.15, 0.2) is 170 Å². The maximum atomic E-state index is 2.53. The highest BCUT2D eigenvalue weighted by Crippen LogP contribution is 2.55. The Balaban J connectivity index is 1.12. The van der Waals surface area contributed by atoms with Crippen LogP contribution in [0.5, 0.6) is 0 Å². The van der Waals surface area contributed by atoms with Crippen molar-refractivity contribution in [3.63, 3.8) is 0 Å². The molecule has 2 aliphatic carbocycles. The monoisotopic (exact) mass is 692 g/mol. The van der Waals surface area contributed by atoms with Crippen molar-refractivity contribution >= 4 is 49.6 Å². The minimum absolute atomic E-state index is 0.0829. The smallest absolute Gasteiger partial charge is 0.0619 e. The number of rotatable bonds is 4. The summed E-state index contributed by atoms with van der Waals surface area (Å²) in [5.41, 5.74) is 17.7. The van der Waals surface area contributed by atoms with Crippen molar-refractivity contribution < 1.29 is 0 Å². The molecule has 0 spiro atoms. The summed E-state index contributed by atoms with van der Waals surface area (Å²) in [5, 5.41) is 5.10. The highest BCUT2D eigenvalue weighted by Gasteiger charge is 2.39. The summed E-state index contributed by atoms with van der Waals surface area (Å²) in [5.74, 6) is 0. The Labute approximate surface area is 316 Å². The maximum Gasteiger partial charge on any atom is 0.0619 e. The predicted octanol–water partition coefficient (Wildman–Crippen LogP) is 14.0. The molecule has 0 fully saturated rings. The van der Waals surface area contributed by atoms with E-state index in [2.05, 4.69) is 207 Å². The molecule has 54 heavy (non-hydrogen) atoms. The summed E-state index contributed by atoms with van der Waals surface area (Å²) in [6.07, 6.45) is 0. The number of para-hydroxylation sites is 2. The third kappa shape index (κ3) is 4.17. The van der Waals surface area contributed by atoms with Crippen molar-refractivity contribution in [2.45, 2.75) is 38.5 Å². The molecule has 2 nitrogen and oxygen atoms in total. The Morgan fingerprint density at radius 3 is 1.83 bits per heavy atom. The molecule has 0 N–H and O–H groups in total. The zero-order valence-corrected chi connectivity index (χ0v) is 31.1. The Kier molecular flexibility index (Phi) is 6.39. The van der Waals surface area contributed by atoms with Gasteiger partial charge in [0, 0.05) is 49.6 Å². The third-order valence-corrected chi connectivity index (χ3v) is 12.6. The first-order valence-corrected chi connectivity index (χ1v) is 19.1. The quantitative estimate of drug-likeness (QED) is 0.178. The van der Waals surface area contributed by atoms with E-state index >= 15 is 0 Å². The van der Waals surface area contributed by atoms with Crippen LogP contribution in [-0.4, -0.2) is 4.57 Å². The summed E-state index contributed by atoms with van der Waals surface area (Å²) in [4.78, 5) is 2.44. The van der Waals surface area contributed by atoms with Gasteiger partial charge in [-0.25, -0.2) is 0 Å². The molecule has 2 aliphatic rings. The highest BCUT2D eigenvalue weighted by atomic mass is 15.1. The van der Waals surface area contributed by atoms with Crippen molar-refractivity contribution in [2.75, 3.05) is 4.90 Å². The third-order valence-electron chi connectivity index (χ3n) is 12.6. The molecule has 0 atom stereocenters. The molecule has 0 bridgehead atoms. The number of nitrogens with zero attached hydrogens (tertiary/aromatic N) is 2. The average Bonchev–Trinajstić information content (AvgIpc) is 3.76. The van der Waals surface area contributed by atoms with Gasteiger partial charge in [-0.2, -0.15) is 0 Å². The summed E-state index contributed by atoms with van der Waals surface area (Å²) < 4.78 is 2.53. The largest absolute Gasteiger partial charge is 0.310 e. The van der Waals surface area contributed by atoms with E-state index in [1.54, 1.807) is 0 Å². The fourth-order valence-corrected chi connectivity index (χ4v) is 9.92. The van der Waals surface area contributed by atoms with E-state index < -0.39 is 0 Å². The van der Waals surface area contributed by atoms with Crippen molar-refractivity contribution in [1.29, 1.82) is 0 Å². The van der Waals surface area contributed by atoms with Gasteiger partial charge in [0.05, 0.1) is 16.7 Å². The van der Waals surface area contributed by atoms with Crippen LogP contribution in [0.25, 0.3) is 60.5 Å². The molecule has 9 aromatic rings. The van der Waals surface area contributed by atoms with Crippen LogP contribution in [0.1, 0.15) is 49.9 Å². The van der Waals surface area contributed by atoms with Crippen LogP contribution >= 0.6 is 0 Å². The molecule has 1 aromatic heterocycles. The topological polar surface area (TPSA) is 8.17 Å². The van der Waals surface area contributed by atoms with Gasteiger partial charge in [0.2, 0.25) is 0 Å². The number of aromatic nitrogens is 1. The molecule has 8 aromatic carbocycles. The number of anilines is 3. The number of fused-ring (bicyclic) bond motifs is 11. The molecule has 0 aliphatic heterocycles. The van der Waals surface area contributed by atoms with Crippen LogP contribution in [-0.2, 0) is 10.8 Å². The van der Waals surface area contributed by atoms with E-state index in [0.717, 1.165) is 5.69 Å². The van der Waals surface area contributed by atoms with Crippen LogP contribution in [0.3, 0.4) is 0 Å². The zero-order chi connectivity index (χ0) is 36.3.